The molecule has 2 amide bonds. The Morgan fingerprint density at radius 3 is 2.42 bits per heavy atom. The number of rotatable bonds is 8. The molecule has 0 aliphatic rings. The van der Waals surface area contributed by atoms with E-state index < -0.39 is 11.8 Å². The van der Waals surface area contributed by atoms with E-state index in [1.165, 1.54) is 6.21 Å². The van der Waals surface area contributed by atoms with Gasteiger partial charge < -0.3 is 14.8 Å². The molecule has 0 heterocycles. The Bertz CT molecular complexity index is 1290. The standard InChI is InChI=1S/C26H24BrCl2N3O4/c1-4-35-23-12-17(11-19(27)24(23)36-14-18-20(28)6-5-7-21(18)29)13-30-32-26(34)25(33)31-22-9-8-15(2)10-16(22)3/h5-13H,4,14H2,1-3H3,(H,31,33)(H,32,34). The highest BCUT2D eigenvalue weighted by atomic mass is 79.9. The van der Waals surface area contributed by atoms with Crippen molar-refractivity contribution in [3.8, 4) is 11.5 Å². The lowest BCUT2D eigenvalue weighted by molar-refractivity contribution is -0.136. The molecule has 0 fully saturated rings. The quantitative estimate of drug-likeness (QED) is 0.179. The highest BCUT2D eigenvalue weighted by Crippen LogP contribution is 2.38. The number of hydrazone groups is 1. The van der Waals surface area contributed by atoms with Gasteiger partial charge in [-0.3, -0.25) is 9.59 Å². The number of carbonyl (C=O) groups excluding carboxylic acids is 2. The van der Waals surface area contributed by atoms with Crippen LogP contribution in [-0.2, 0) is 16.2 Å². The molecule has 0 aromatic heterocycles. The Morgan fingerprint density at radius 1 is 1.03 bits per heavy atom. The van der Waals surface area contributed by atoms with Crippen LogP contribution in [0.25, 0.3) is 0 Å². The van der Waals surface area contributed by atoms with Crippen LogP contribution in [0.15, 0.2) is 58.1 Å². The van der Waals surface area contributed by atoms with Crippen molar-refractivity contribution in [2.45, 2.75) is 27.4 Å². The highest BCUT2D eigenvalue weighted by Gasteiger charge is 2.16. The van der Waals surface area contributed by atoms with Gasteiger partial charge in [0.2, 0.25) is 0 Å². The van der Waals surface area contributed by atoms with E-state index in [9.17, 15) is 9.59 Å². The zero-order valence-corrected chi connectivity index (χ0v) is 22.9. The van der Waals surface area contributed by atoms with E-state index in [2.05, 4.69) is 31.8 Å². The van der Waals surface area contributed by atoms with Crippen LogP contribution in [0, 0.1) is 13.8 Å². The number of anilines is 1. The monoisotopic (exact) mass is 591 g/mol. The topological polar surface area (TPSA) is 89.0 Å². The van der Waals surface area contributed by atoms with Gasteiger partial charge in [-0.2, -0.15) is 5.10 Å². The van der Waals surface area contributed by atoms with E-state index in [1.807, 2.05) is 32.9 Å². The predicted octanol–water partition coefficient (Wildman–Crippen LogP) is 6.44. The number of ether oxygens (including phenoxy) is 2. The molecular weight excluding hydrogens is 569 g/mol. The number of carbonyl (C=O) groups is 2. The summed E-state index contributed by atoms with van der Waals surface area (Å²) in [4.78, 5) is 24.4. The fourth-order valence-electron chi connectivity index (χ4n) is 3.23. The first-order chi connectivity index (χ1) is 17.2. The van der Waals surface area contributed by atoms with Crippen molar-refractivity contribution >= 4 is 62.8 Å². The van der Waals surface area contributed by atoms with E-state index in [0.29, 0.717) is 49.4 Å². The van der Waals surface area contributed by atoms with Crippen LogP contribution in [0.5, 0.6) is 11.5 Å². The van der Waals surface area contributed by atoms with E-state index in [4.69, 9.17) is 32.7 Å². The number of amides is 2. The van der Waals surface area contributed by atoms with Gasteiger partial charge in [-0.25, -0.2) is 5.43 Å². The molecule has 0 saturated heterocycles. The van der Waals surface area contributed by atoms with Gasteiger partial charge in [-0.05, 0) is 78.2 Å². The summed E-state index contributed by atoms with van der Waals surface area (Å²) in [7, 11) is 0. The van der Waals surface area contributed by atoms with E-state index >= 15 is 0 Å². The first-order valence-corrected chi connectivity index (χ1v) is 12.5. The molecule has 0 saturated carbocycles. The zero-order chi connectivity index (χ0) is 26.2. The Kier molecular flexibility index (Phi) is 9.75. The summed E-state index contributed by atoms with van der Waals surface area (Å²) < 4.78 is 12.3. The van der Waals surface area contributed by atoms with Crippen molar-refractivity contribution in [3.05, 3.63) is 85.3 Å². The fourth-order valence-corrected chi connectivity index (χ4v) is 4.31. The molecule has 3 rings (SSSR count). The molecule has 188 valence electrons. The molecule has 0 aliphatic heterocycles. The second-order valence-electron chi connectivity index (χ2n) is 7.72. The van der Waals surface area contributed by atoms with Crippen molar-refractivity contribution in [3.63, 3.8) is 0 Å². The molecule has 3 aromatic rings. The Morgan fingerprint density at radius 2 is 1.75 bits per heavy atom. The van der Waals surface area contributed by atoms with Gasteiger partial charge in [-0.1, -0.05) is 47.0 Å². The second-order valence-corrected chi connectivity index (χ2v) is 9.39. The molecule has 0 aliphatic carbocycles. The molecule has 2 N–H and O–H groups in total. The summed E-state index contributed by atoms with van der Waals surface area (Å²) >= 11 is 16.0. The minimum atomic E-state index is -0.896. The molecule has 10 heteroatoms. The lowest BCUT2D eigenvalue weighted by Gasteiger charge is -2.15. The van der Waals surface area contributed by atoms with Crippen LogP contribution in [-0.4, -0.2) is 24.6 Å². The first kappa shape index (κ1) is 27.5. The number of nitrogens with zero attached hydrogens (tertiary/aromatic N) is 1. The molecule has 0 bridgehead atoms. The summed E-state index contributed by atoms with van der Waals surface area (Å²) in [5.41, 5.74) is 5.95. The average Bonchev–Trinajstić information content (AvgIpc) is 2.82. The van der Waals surface area contributed by atoms with E-state index in [-0.39, 0.29) is 6.61 Å². The smallest absolute Gasteiger partial charge is 0.329 e. The van der Waals surface area contributed by atoms with Gasteiger partial charge in [0.15, 0.2) is 11.5 Å². The fraction of sp³-hybridized carbons (Fsp3) is 0.192. The van der Waals surface area contributed by atoms with Gasteiger partial charge in [0.25, 0.3) is 0 Å². The maximum absolute atomic E-state index is 12.2. The molecule has 0 spiro atoms. The van der Waals surface area contributed by atoms with Crippen molar-refractivity contribution in [2.75, 3.05) is 11.9 Å². The largest absolute Gasteiger partial charge is 0.490 e. The minimum absolute atomic E-state index is 0.135. The Hall–Kier alpha value is -3.07. The molecule has 36 heavy (non-hydrogen) atoms. The minimum Gasteiger partial charge on any atom is -0.490 e. The Labute approximate surface area is 227 Å². The van der Waals surface area contributed by atoms with Crippen molar-refractivity contribution in [2.24, 2.45) is 5.10 Å². The second kappa shape index (κ2) is 12.8. The van der Waals surface area contributed by atoms with Crippen molar-refractivity contribution in [1.29, 1.82) is 0 Å². The molecule has 0 unspecified atom stereocenters. The maximum atomic E-state index is 12.2. The maximum Gasteiger partial charge on any atom is 0.329 e. The number of hydrogen-bond acceptors (Lipinski definition) is 5. The van der Waals surface area contributed by atoms with Crippen LogP contribution in [0.1, 0.15) is 29.2 Å². The summed E-state index contributed by atoms with van der Waals surface area (Å²) in [6.07, 6.45) is 1.39. The lowest BCUT2D eigenvalue weighted by atomic mass is 10.1. The molecule has 7 nitrogen and oxygen atoms in total. The highest BCUT2D eigenvalue weighted by molar-refractivity contribution is 9.10. The molecular formula is C26H24BrCl2N3O4. The van der Waals surface area contributed by atoms with Crippen LogP contribution in [0.4, 0.5) is 5.69 Å². The van der Waals surface area contributed by atoms with Crippen molar-refractivity contribution in [1.82, 2.24) is 5.43 Å². The summed E-state index contributed by atoms with van der Waals surface area (Å²) in [5.74, 6) is -0.804. The predicted molar refractivity (Wildman–Crippen MR) is 146 cm³/mol. The molecule has 3 aromatic carbocycles. The lowest BCUT2D eigenvalue weighted by Crippen LogP contribution is -2.32. The summed E-state index contributed by atoms with van der Waals surface area (Å²) in [6.45, 7) is 6.17. The third kappa shape index (κ3) is 7.22. The van der Waals surface area contributed by atoms with Gasteiger partial charge in [0, 0.05) is 21.3 Å². The molecule has 0 radical (unpaired) electrons. The summed E-state index contributed by atoms with van der Waals surface area (Å²) in [5, 5.41) is 7.46. The van der Waals surface area contributed by atoms with Gasteiger partial charge in [0.1, 0.15) is 6.61 Å². The SMILES string of the molecule is CCOc1cc(C=NNC(=O)C(=O)Nc2ccc(C)cc2C)cc(Br)c1OCc1c(Cl)cccc1Cl. The first-order valence-electron chi connectivity index (χ1n) is 10.9. The van der Waals surface area contributed by atoms with Crippen LogP contribution in [0.3, 0.4) is 0 Å². The third-order valence-electron chi connectivity index (χ3n) is 4.97. The van der Waals surface area contributed by atoms with E-state index in [0.717, 1.165) is 11.1 Å². The zero-order valence-electron chi connectivity index (χ0n) is 19.8. The molecule has 0 atom stereocenters. The summed E-state index contributed by atoms with van der Waals surface area (Å²) in [6, 6.07) is 14.2. The Balaban J connectivity index is 1.68. The van der Waals surface area contributed by atoms with Crippen molar-refractivity contribution < 1.29 is 19.1 Å². The average molecular weight is 593 g/mol. The van der Waals surface area contributed by atoms with Crippen LogP contribution in [0.2, 0.25) is 10.0 Å². The number of aryl methyl sites for hydroxylation is 2. The van der Waals surface area contributed by atoms with E-state index in [1.54, 1.807) is 36.4 Å². The number of nitrogens with one attached hydrogen (secondary N) is 2. The van der Waals surface area contributed by atoms with Gasteiger partial charge >= 0.3 is 11.8 Å². The number of benzene rings is 3. The number of halogens is 3. The van der Waals surface area contributed by atoms with Crippen LogP contribution < -0.4 is 20.2 Å². The van der Waals surface area contributed by atoms with Gasteiger partial charge in [0.05, 0.1) is 17.3 Å². The third-order valence-corrected chi connectivity index (χ3v) is 6.27. The van der Waals surface area contributed by atoms with Crippen LogP contribution >= 0.6 is 39.1 Å². The van der Waals surface area contributed by atoms with Gasteiger partial charge in [-0.15, -0.1) is 0 Å². The number of hydrogen-bond donors (Lipinski definition) is 2. The normalized spacial score (nSPS) is 10.8.